The van der Waals surface area contributed by atoms with Crippen LogP contribution in [-0.2, 0) is 9.59 Å². The van der Waals surface area contributed by atoms with Crippen molar-refractivity contribution < 1.29 is 14.7 Å². The molecule has 0 bridgehead atoms. The molecule has 0 spiro atoms. The summed E-state index contributed by atoms with van der Waals surface area (Å²) in [5.74, 6) is -1.71. The van der Waals surface area contributed by atoms with Gasteiger partial charge in [0, 0.05) is 0 Å². The highest BCUT2D eigenvalue weighted by Crippen LogP contribution is 2.10. The molecule has 5 N–H and O–H groups in total. The molecule has 0 rings (SSSR count). The Morgan fingerprint density at radius 2 is 1.69 bits per heavy atom. The van der Waals surface area contributed by atoms with Crippen LogP contribution in [0, 0.1) is 0 Å². The fraction of sp³-hybridized carbons (Fsp3) is 0.200. The first-order chi connectivity index (χ1) is 7.43. The molecule has 0 radical (unpaired) electrons. The SMILES string of the molecule is C=C(N)NNC(=O)C(=C/C)/C(=C\C)C(=O)O. The normalized spacial score (nSPS) is 11.9. The van der Waals surface area contributed by atoms with Crippen LogP contribution in [0.5, 0.6) is 0 Å². The van der Waals surface area contributed by atoms with Crippen LogP contribution in [-0.4, -0.2) is 17.0 Å². The van der Waals surface area contributed by atoms with Crippen molar-refractivity contribution >= 4 is 11.9 Å². The number of amides is 1. The summed E-state index contributed by atoms with van der Waals surface area (Å²) in [5.41, 5.74) is 9.66. The first-order valence-corrected chi connectivity index (χ1v) is 4.51. The monoisotopic (exact) mass is 225 g/mol. The molecule has 1 amide bonds. The molecule has 0 aliphatic heterocycles. The third-order valence-corrected chi connectivity index (χ3v) is 1.68. The third-order valence-electron chi connectivity index (χ3n) is 1.68. The highest BCUT2D eigenvalue weighted by molar-refractivity contribution is 6.08. The van der Waals surface area contributed by atoms with E-state index in [4.69, 9.17) is 10.8 Å². The maximum atomic E-state index is 11.5. The van der Waals surface area contributed by atoms with E-state index >= 15 is 0 Å². The summed E-state index contributed by atoms with van der Waals surface area (Å²) in [6, 6.07) is 0. The number of carbonyl (C=O) groups is 2. The van der Waals surface area contributed by atoms with Crippen LogP contribution < -0.4 is 16.6 Å². The van der Waals surface area contributed by atoms with Crippen LogP contribution in [0.2, 0.25) is 0 Å². The third kappa shape index (κ3) is 3.87. The number of carboxylic acid groups (broad SMARTS) is 1. The van der Waals surface area contributed by atoms with Crippen molar-refractivity contribution in [1.29, 1.82) is 0 Å². The van der Waals surface area contributed by atoms with Crippen molar-refractivity contribution in [3.05, 3.63) is 35.7 Å². The highest BCUT2D eigenvalue weighted by atomic mass is 16.4. The quantitative estimate of drug-likeness (QED) is 0.300. The largest absolute Gasteiger partial charge is 0.478 e. The Balaban J connectivity index is 4.82. The molecule has 0 saturated heterocycles. The van der Waals surface area contributed by atoms with Gasteiger partial charge in [0.05, 0.1) is 11.1 Å². The van der Waals surface area contributed by atoms with E-state index in [9.17, 15) is 9.59 Å². The van der Waals surface area contributed by atoms with E-state index in [-0.39, 0.29) is 17.0 Å². The van der Waals surface area contributed by atoms with Gasteiger partial charge in [-0.15, -0.1) is 0 Å². The van der Waals surface area contributed by atoms with Gasteiger partial charge in [-0.2, -0.15) is 0 Å². The molecule has 0 aliphatic rings. The van der Waals surface area contributed by atoms with Crippen molar-refractivity contribution in [3.8, 4) is 0 Å². The lowest BCUT2D eigenvalue weighted by atomic mass is 10.1. The molecule has 16 heavy (non-hydrogen) atoms. The number of aliphatic carboxylic acids is 1. The van der Waals surface area contributed by atoms with Gasteiger partial charge in [0.15, 0.2) is 0 Å². The Hall–Kier alpha value is -2.24. The number of nitrogens with one attached hydrogen (secondary N) is 2. The van der Waals surface area contributed by atoms with Crippen LogP contribution >= 0.6 is 0 Å². The summed E-state index contributed by atoms with van der Waals surface area (Å²) in [6.07, 6.45) is 2.74. The Bertz CT molecular complexity index is 370. The lowest BCUT2D eigenvalue weighted by molar-refractivity contribution is -0.133. The summed E-state index contributed by atoms with van der Waals surface area (Å²) in [5, 5.41) is 8.85. The van der Waals surface area contributed by atoms with Gasteiger partial charge in [-0.05, 0) is 13.8 Å². The van der Waals surface area contributed by atoms with Gasteiger partial charge in [-0.1, -0.05) is 18.7 Å². The number of rotatable bonds is 5. The van der Waals surface area contributed by atoms with Gasteiger partial charge in [0.2, 0.25) is 0 Å². The molecule has 0 heterocycles. The van der Waals surface area contributed by atoms with Gasteiger partial charge >= 0.3 is 5.97 Å². The number of hydrogen-bond acceptors (Lipinski definition) is 4. The molecule has 0 aromatic rings. The van der Waals surface area contributed by atoms with Crippen LogP contribution in [0.15, 0.2) is 35.7 Å². The van der Waals surface area contributed by atoms with E-state index in [1.165, 1.54) is 19.1 Å². The van der Waals surface area contributed by atoms with Crippen molar-refractivity contribution in [2.75, 3.05) is 0 Å². The Morgan fingerprint density at radius 1 is 1.19 bits per heavy atom. The minimum atomic E-state index is -1.17. The zero-order valence-corrected chi connectivity index (χ0v) is 9.20. The predicted molar refractivity (Wildman–Crippen MR) is 59.8 cm³/mol. The van der Waals surface area contributed by atoms with Crippen LogP contribution in [0.4, 0.5) is 0 Å². The second-order valence-corrected chi connectivity index (χ2v) is 2.81. The predicted octanol–water partition coefficient (Wildman–Crippen LogP) is 0.0143. The zero-order valence-electron chi connectivity index (χ0n) is 9.20. The van der Waals surface area contributed by atoms with Gasteiger partial charge in [-0.25, -0.2) is 4.79 Å². The second-order valence-electron chi connectivity index (χ2n) is 2.81. The standard InChI is InChI=1S/C10H15N3O3/c1-4-7(8(5-2)10(15)16)9(14)13-12-6(3)11/h4-5,12H,3,11H2,1-2H3,(H,13,14)(H,15,16)/b7-4+,8-5+. The average molecular weight is 225 g/mol. The molecule has 0 aromatic heterocycles. The summed E-state index contributed by atoms with van der Waals surface area (Å²) >= 11 is 0. The number of allylic oxidation sites excluding steroid dienone is 2. The van der Waals surface area contributed by atoms with E-state index in [0.717, 1.165) is 0 Å². The second kappa shape index (κ2) is 6.28. The number of carbonyl (C=O) groups excluding carboxylic acids is 1. The molecule has 0 atom stereocenters. The molecular weight excluding hydrogens is 210 g/mol. The van der Waals surface area contributed by atoms with Crippen LogP contribution in [0.3, 0.4) is 0 Å². The van der Waals surface area contributed by atoms with Crippen molar-refractivity contribution in [2.24, 2.45) is 5.73 Å². The minimum absolute atomic E-state index is 0.0451. The molecular formula is C10H15N3O3. The molecule has 6 heteroatoms. The van der Waals surface area contributed by atoms with Gasteiger partial charge < -0.3 is 10.8 Å². The zero-order chi connectivity index (χ0) is 12.7. The Morgan fingerprint density at radius 3 is 2.00 bits per heavy atom. The van der Waals surface area contributed by atoms with E-state index in [2.05, 4.69) is 17.4 Å². The Labute approximate surface area is 93.5 Å². The summed E-state index contributed by atoms with van der Waals surface area (Å²) < 4.78 is 0. The maximum Gasteiger partial charge on any atom is 0.336 e. The minimum Gasteiger partial charge on any atom is -0.478 e. The van der Waals surface area contributed by atoms with E-state index in [1.54, 1.807) is 6.92 Å². The average Bonchev–Trinajstić information content (AvgIpc) is 2.21. The van der Waals surface area contributed by atoms with Crippen LogP contribution in [0.25, 0.3) is 0 Å². The van der Waals surface area contributed by atoms with Crippen LogP contribution in [0.1, 0.15) is 13.8 Å². The fourth-order valence-corrected chi connectivity index (χ4v) is 1.01. The number of hydrazine groups is 1. The number of nitrogens with two attached hydrogens (primary N) is 1. The molecule has 0 aliphatic carbocycles. The lowest BCUT2D eigenvalue weighted by Gasteiger charge is -2.10. The summed E-state index contributed by atoms with van der Waals surface area (Å²) in [6.45, 7) is 6.42. The molecule has 0 saturated carbocycles. The Kier molecular flexibility index (Phi) is 5.40. The first-order valence-electron chi connectivity index (χ1n) is 4.51. The fourth-order valence-electron chi connectivity index (χ4n) is 1.01. The van der Waals surface area contributed by atoms with Crippen molar-refractivity contribution in [2.45, 2.75) is 13.8 Å². The molecule has 88 valence electrons. The van der Waals surface area contributed by atoms with Crippen molar-refractivity contribution in [1.82, 2.24) is 10.9 Å². The van der Waals surface area contributed by atoms with Crippen molar-refractivity contribution in [3.63, 3.8) is 0 Å². The molecule has 0 unspecified atom stereocenters. The maximum absolute atomic E-state index is 11.5. The number of carboxylic acids is 1. The van der Waals surface area contributed by atoms with E-state index in [1.807, 2.05) is 0 Å². The van der Waals surface area contributed by atoms with Gasteiger partial charge in [-0.3, -0.25) is 15.6 Å². The summed E-state index contributed by atoms with van der Waals surface area (Å²) in [7, 11) is 0. The first kappa shape index (κ1) is 13.8. The molecule has 0 fully saturated rings. The smallest absolute Gasteiger partial charge is 0.336 e. The van der Waals surface area contributed by atoms with E-state index < -0.39 is 11.9 Å². The number of hydrogen-bond donors (Lipinski definition) is 4. The highest BCUT2D eigenvalue weighted by Gasteiger charge is 2.18. The molecule has 6 nitrogen and oxygen atoms in total. The van der Waals surface area contributed by atoms with E-state index in [0.29, 0.717) is 0 Å². The van der Waals surface area contributed by atoms with Gasteiger partial charge in [0.1, 0.15) is 5.82 Å². The topological polar surface area (TPSA) is 104 Å². The summed E-state index contributed by atoms with van der Waals surface area (Å²) in [4.78, 5) is 22.4. The lowest BCUT2D eigenvalue weighted by Crippen LogP contribution is -2.40. The van der Waals surface area contributed by atoms with Gasteiger partial charge in [0.25, 0.3) is 5.91 Å². The molecule has 0 aromatic carbocycles.